The molecule has 0 saturated heterocycles. The van der Waals surface area contributed by atoms with Gasteiger partial charge in [-0.25, -0.2) is 0 Å². The van der Waals surface area contributed by atoms with Crippen LogP contribution in [0.2, 0.25) is 5.02 Å². The van der Waals surface area contributed by atoms with Gasteiger partial charge in [0.2, 0.25) is 0 Å². The maximum atomic E-state index is 12.8. The monoisotopic (exact) mass is 407 g/mol. The van der Waals surface area contributed by atoms with Crippen molar-refractivity contribution >= 4 is 23.2 Å². The minimum atomic E-state index is -1.74. The van der Waals surface area contributed by atoms with E-state index in [0.717, 1.165) is 28.0 Å². The maximum absolute atomic E-state index is 12.8. The first kappa shape index (κ1) is 19.5. The van der Waals surface area contributed by atoms with Crippen LogP contribution >= 0.6 is 11.6 Å². The first-order valence-corrected chi connectivity index (χ1v) is 9.78. The number of amides is 1. The standard InChI is InChI=1S/C24H22ClNO3/c1-14-10-18(11-15(2)22(14)29-3)24(28)19-9-8-16(13-21(19)26-23(24)27)12-17-6-4-5-7-20(17)25/h4-11,13,28H,12H2,1-3H3,(H,26,27). The predicted octanol–water partition coefficient (Wildman–Crippen LogP) is 4.74. The summed E-state index contributed by atoms with van der Waals surface area (Å²) in [7, 11) is 1.61. The summed E-state index contributed by atoms with van der Waals surface area (Å²) in [6, 6.07) is 16.9. The summed E-state index contributed by atoms with van der Waals surface area (Å²) >= 11 is 6.27. The van der Waals surface area contributed by atoms with Crippen LogP contribution in [0, 0.1) is 13.8 Å². The Hall–Kier alpha value is -2.82. The summed E-state index contributed by atoms with van der Waals surface area (Å²) in [5, 5.41) is 15.0. The van der Waals surface area contributed by atoms with Gasteiger partial charge in [-0.2, -0.15) is 0 Å². The lowest BCUT2D eigenvalue weighted by atomic mass is 9.85. The third-order valence-corrected chi connectivity index (χ3v) is 5.85. The Bertz CT molecular complexity index is 1100. The Morgan fingerprint density at radius 1 is 1.07 bits per heavy atom. The van der Waals surface area contributed by atoms with Gasteiger partial charge in [0.25, 0.3) is 5.91 Å². The van der Waals surface area contributed by atoms with E-state index in [1.54, 1.807) is 19.2 Å². The number of anilines is 1. The average molecular weight is 408 g/mol. The SMILES string of the molecule is COc1c(C)cc(C2(O)C(=O)Nc3cc(Cc4ccccc4Cl)ccc32)cc1C. The van der Waals surface area contributed by atoms with E-state index >= 15 is 0 Å². The van der Waals surface area contributed by atoms with Crippen molar-refractivity contribution in [2.75, 3.05) is 12.4 Å². The topological polar surface area (TPSA) is 58.6 Å². The van der Waals surface area contributed by atoms with Crippen molar-refractivity contribution in [3.05, 3.63) is 93.0 Å². The second kappa shape index (κ2) is 7.21. The van der Waals surface area contributed by atoms with Crippen LogP contribution in [0.25, 0.3) is 0 Å². The molecule has 0 aromatic heterocycles. The summed E-state index contributed by atoms with van der Waals surface area (Å²) in [5.41, 5.74) is 3.71. The van der Waals surface area contributed by atoms with Crippen molar-refractivity contribution in [2.45, 2.75) is 25.9 Å². The Labute approximate surface area is 175 Å². The van der Waals surface area contributed by atoms with Gasteiger partial charge in [-0.1, -0.05) is 41.9 Å². The van der Waals surface area contributed by atoms with E-state index in [-0.39, 0.29) is 0 Å². The van der Waals surface area contributed by atoms with Crippen LogP contribution in [0.5, 0.6) is 5.75 Å². The van der Waals surface area contributed by atoms with Crippen LogP contribution in [0.15, 0.2) is 54.6 Å². The van der Waals surface area contributed by atoms with E-state index in [4.69, 9.17) is 16.3 Å². The third kappa shape index (κ3) is 3.18. The summed E-state index contributed by atoms with van der Waals surface area (Å²) in [6.45, 7) is 3.80. The number of benzene rings is 3. The highest BCUT2D eigenvalue weighted by Crippen LogP contribution is 2.43. The number of hydrogen-bond donors (Lipinski definition) is 2. The van der Waals surface area contributed by atoms with E-state index in [1.807, 2.05) is 56.3 Å². The first-order valence-electron chi connectivity index (χ1n) is 9.41. The van der Waals surface area contributed by atoms with Crippen molar-refractivity contribution in [1.82, 2.24) is 0 Å². The van der Waals surface area contributed by atoms with Gasteiger partial charge < -0.3 is 15.2 Å². The zero-order chi connectivity index (χ0) is 20.8. The number of nitrogens with one attached hydrogen (secondary N) is 1. The molecule has 1 heterocycles. The number of methoxy groups -OCH3 is 1. The fourth-order valence-corrected chi connectivity index (χ4v) is 4.29. The molecule has 1 amide bonds. The van der Waals surface area contributed by atoms with Gasteiger partial charge in [0.15, 0.2) is 5.60 Å². The van der Waals surface area contributed by atoms with Crippen LogP contribution in [0.4, 0.5) is 5.69 Å². The summed E-state index contributed by atoms with van der Waals surface area (Å²) in [6.07, 6.45) is 0.641. The lowest BCUT2D eigenvalue weighted by molar-refractivity contribution is -0.129. The number of carbonyl (C=O) groups is 1. The molecule has 2 N–H and O–H groups in total. The van der Waals surface area contributed by atoms with Crippen molar-refractivity contribution in [1.29, 1.82) is 0 Å². The molecule has 3 aromatic carbocycles. The molecule has 0 saturated carbocycles. The number of hydrogen-bond acceptors (Lipinski definition) is 3. The molecule has 3 aromatic rings. The Morgan fingerprint density at radius 3 is 2.41 bits per heavy atom. The van der Waals surface area contributed by atoms with E-state index in [9.17, 15) is 9.90 Å². The molecule has 0 fully saturated rings. The first-order chi connectivity index (χ1) is 13.8. The number of aryl methyl sites for hydroxylation is 2. The Balaban J connectivity index is 1.75. The predicted molar refractivity (Wildman–Crippen MR) is 115 cm³/mol. The molecule has 4 rings (SSSR count). The lowest BCUT2D eigenvalue weighted by Gasteiger charge is -2.23. The molecule has 0 radical (unpaired) electrons. The van der Waals surface area contributed by atoms with Gasteiger partial charge in [0.05, 0.1) is 7.11 Å². The number of halogens is 1. The molecule has 5 heteroatoms. The quantitative estimate of drug-likeness (QED) is 0.656. The smallest absolute Gasteiger partial charge is 0.265 e. The van der Waals surface area contributed by atoms with Crippen LogP contribution in [0.1, 0.15) is 33.4 Å². The van der Waals surface area contributed by atoms with Gasteiger partial charge in [-0.05, 0) is 72.4 Å². The van der Waals surface area contributed by atoms with Crippen molar-refractivity contribution < 1.29 is 14.6 Å². The van der Waals surface area contributed by atoms with E-state index in [2.05, 4.69) is 5.32 Å². The number of carbonyl (C=O) groups excluding carboxylic acids is 1. The molecule has 0 aliphatic carbocycles. The largest absolute Gasteiger partial charge is 0.496 e. The molecular weight excluding hydrogens is 386 g/mol. The van der Waals surface area contributed by atoms with Gasteiger partial charge in [-0.15, -0.1) is 0 Å². The highest BCUT2D eigenvalue weighted by Gasteiger charge is 2.47. The van der Waals surface area contributed by atoms with Crippen molar-refractivity contribution in [3.63, 3.8) is 0 Å². The fraction of sp³-hybridized carbons (Fsp3) is 0.208. The molecule has 1 unspecified atom stereocenters. The summed E-state index contributed by atoms with van der Waals surface area (Å²) < 4.78 is 5.41. The van der Waals surface area contributed by atoms with Crippen LogP contribution in [0.3, 0.4) is 0 Å². The number of aliphatic hydroxyl groups is 1. The Kier molecular flexibility index (Phi) is 4.85. The normalized spacial score (nSPS) is 17.8. The minimum Gasteiger partial charge on any atom is -0.496 e. The van der Waals surface area contributed by atoms with Gasteiger partial charge >= 0.3 is 0 Å². The van der Waals surface area contributed by atoms with Gasteiger partial charge in [0, 0.05) is 16.3 Å². The minimum absolute atomic E-state index is 0.452. The number of rotatable bonds is 4. The Morgan fingerprint density at radius 2 is 1.76 bits per heavy atom. The van der Waals surface area contributed by atoms with Crippen molar-refractivity contribution in [2.24, 2.45) is 0 Å². The lowest BCUT2D eigenvalue weighted by Crippen LogP contribution is -2.35. The molecule has 148 valence electrons. The third-order valence-electron chi connectivity index (χ3n) is 5.49. The van der Waals surface area contributed by atoms with Crippen LogP contribution < -0.4 is 10.1 Å². The van der Waals surface area contributed by atoms with Crippen LogP contribution in [-0.2, 0) is 16.8 Å². The molecule has 0 spiro atoms. The molecular formula is C24H22ClNO3. The zero-order valence-electron chi connectivity index (χ0n) is 16.5. The second-order valence-corrected chi connectivity index (χ2v) is 7.86. The number of ether oxygens (including phenoxy) is 1. The van der Waals surface area contributed by atoms with Crippen LogP contribution in [-0.4, -0.2) is 18.1 Å². The zero-order valence-corrected chi connectivity index (χ0v) is 17.3. The second-order valence-electron chi connectivity index (χ2n) is 7.46. The molecule has 0 bridgehead atoms. The highest BCUT2D eigenvalue weighted by atomic mass is 35.5. The number of fused-ring (bicyclic) bond motifs is 1. The van der Waals surface area contributed by atoms with Gasteiger partial charge in [0.1, 0.15) is 5.75 Å². The van der Waals surface area contributed by atoms with Gasteiger partial charge in [-0.3, -0.25) is 4.79 Å². The molecule has 1 atom stereocenters. The molecule has 1 aliphatic rings. The molecule has 4 nitrogen and oxygen atoms in total. The summed E-state index contributed by atoms with van der Waals surface area (Å²) in [5.74, 6) is 0.303. The van der Waals surface area contributed by atoms with Crippen molar-refractivity contribution in [3.8, 4) is 5.75 Å². The maximum Gasteiger partial charge on any atom is 0.265 e. The molecule has 1 aliphatic heterocycles. The molecule has 29 heavy (non-hydrogen) atoms. The summed E-state index contributed by atoms with van der Waals surface area (Å²) in [4.78, 5) is 12.8. The van der Waals surface area contributed by atoms with E-state index in [0.29, 0.717) is 28.3 Å². The van der Waals surface area contributed by atoms with E-state index in [1.165, 1.54) is 0 Å². The van der Waals surface area contributed by atoms with E-state index < -0.39 is 11.5 Å². The average Bonchev–Trinajstić information content (AvgIpc) is 2.94. The highest BCUT2D eigenvalue weighted by molar-refractivity contribution is 6.31. The fourth-order valence-electron chi connectivity index (χ4n) is 4.08.